The van der Waals surface area contributed by atoms with Crippen LogP contribution in [0.1, 0.15) is 10.4 Å². The zero-order valence-corrected chi connectivity index (χ0v) is 12.6. The van der Waals surface area contributed by atoms with Gasteiger partial charge in [-0.05, 0) is 42.5 Å². The number of hydrogen-bond acceptors (Lipinski definition) is 2. The van der Waals surface area contributed by atoms with Crippen LogP contribution in [0.3, 0.4) is 0 Å². The van der Waals surface area contributed by atoms with Crippen LogP contribution in [0.4, 0.5) is 10.1 Å². The summed E-state index contributed by atoms with van der Waals surface area (Å²) in [6, 6.07) is 11.0. The van der Waals surface area contributed by atoms with Gasteiger partial charge in [0.05, 0.1) is 10.7 Å². The van der Waals surface area contributed by atoms with E-state index >= 15 is 0 Å². The normalized spacial score (nSPS) is 10.8. The topological polar surface area (TPSA) is 29.1 Å². The summed E-state index contributed by atoms with van der Waals surface area (Å²) in [6.45, 7) is 0. The van der Waals surface area contributed by atoms with Crippen LogP contribution in [0.2, 0.25) is 5.02 Å². The van der Waals surface area contributed by atoms with Gasteiger partial charge in [-0.25, -0.2) is 4.39 Å². The highest BCUT2D eigenvalue weighted by molar-refractivity contribution is 9.10. The van der Waals surface area contributed by atoms with Gasteiger partial charge in [0, 0.05) is 22.3 Å². The SMILES string of the molecule is O=C(/C=C/Nc1cc(F)ccc1Cl)c1ccc(Br)cc1. The van der Waals surface area contributed by atoms with Crippen molar-refractivity contribution in [3.8, 4) is 0 Å². The fourth-order valence-corrected chi connectivity index (χ4v) is 1.96. The van der Waals surface area contributed by atoms with Gasteiger partial charge in [0.25, 0.3) is 0 Å². The summed E-state index contributed by atoms with van der Waals surface area (Å²) in [5.74, 6) is -0.554. The molecule has 0 aliphatic carbocycles. The van der Waals surface area contributed by atoms with Crippen molar-refractivity contribution < 1.29 is 9.18 Å². The first-order chi connectivity index (χ1) is 9.56. The lowest BCUT2D eigenvalue weighted by atomic mass is 10.1. The first-order valence-electron chi connectivity index (χ1n) is 5.74. The van der Waals surface area contributed by atoms with Crippen molar-refractivity contribution >= 4 is 39.0 Å². The first-order valence-corrected chi connectivity index (χ1v) is 6.91. The molecule has 2 rings (SSSR count). The molecule has 0 saturated heterocycles. The fraction of sp³-hybridized carbons (Fsp3) is 0. The van der Waals surface area contributed by atoms with Crippen LogP contribution in [0.15, 0.2) is 59.2 Å². The zero-order valence-electron chi connectivity index (χ0n) is 10.2. The van der Waals surface area contributed by atoms with Crippen molar-refractivity contribution in [2.75, 3.05) is 5.32 Å². The van der Waals surface area contributed by atoms with E-state index in [-0.39, 0.29) is 5.78 Å². The minimum atomic E-state index is -0.399. The number of nitrogens with one attached hydrogen (secondary N) is 1. The molecule has 0 atom stereocenters. The van der Waals surface area contributed by atoms with E-state index < -0.39 is 5.82 Å². The lowest BCUT2D eigenvalue weighted by molar-refractivity contribution is 0.104. The van der Waals surface area contributed by atoms with Gasteiger partial charge in [-0.15, -0.1) is 0 Å². The Hall–Kier alpha value is -1.65. The van der Waals surface area contributed by atoms with Crippen molar-refractivity contribution in [1.29, 1.82) is 0 Å². The second-order valence-corrected chi connectivity index (χ2v) is 5.30. The Balaban J connectivity index is 2.04. The Bertz CT molecular complexity index is 655. The van der Waals surface area contributed by atoms with E-state index in [0.29, 0.717) is 16.3 Å². The summed E-state index contributed by atoms with van der Waals surface area (Å²) in [6.07, 6.45) is 2.80. The van der Waals surface area contributed by atoms with Crippen molar-refractivity contribution in [2.45, 2.75) is 0 Å². The summed E-state index contributed by atoms with van der Waals surface area (Å²) in [4.78, 5) is 11.8. The van der Waals surface area contributed by atoms with Gasteiger partial charge in [-0.3, -0.25) is 4.79 Å². The maximum atomic E-state index is 13.0. The molecule has 0 aliphatic rings. The van der Waals surface area contributed by atoms with Crippen LogP contribution < -0.4 is 5.32 Å². The standard InChI is InChI=1S/C15H10BrClFNO/c16-11-3-1-10(2-4-11)15(20)7-8-19-14-9-12(18)5-6-13(14)17/h1-9,19H/b8-7+. The quantitative estimate of drug-likeness (QED) is 0.615. The number of halogens is 3. The summed E-state index contributed by atoms with van der Waals surface area (Å²) in [7, 11) is 0. The van der Waals surface area contributed by atoms with Crippen LogP contribution in [0.25, 0.3) is 0 Å². The number of carbonyl (C=O) groups is 1. The minimum Gasteiger partial charge on any atom is -0.360 e. The number of ketones is 1. The molecule has 0 radical (unpaired) electrons. The third kappa shape index (κ3) is 3.92. The van der Waals surface area contributed by atoms with Crippen LogP contribution in [-0.4, -0.2) is 5.78 Å². The smallest absolute Gasteiger partial charge is 0.187 e. The number of carbonyl (C=O) groups excluding carboxylic acids is 1. The van der Waals surface area contributed by atoms with Gasteiger partial charge < -0.3 is 5.32 Å². The van der Waals surface area contributed by atoms with E-state index in [2.05, 4.69) is 21.2 Å². The molecule has 0 heterocycles. The number of anilines is 1. The Morgan fingerprint density at radius 1 is 1.20 bits per heavy atom. The summed E-state index contributed by atoms with van der Waals surface area (Å²) >= 11 is 9.19. The van der Waals surface area contributed by atoms with Gasteiger partial charge in [0.1, 0.15) is 5.82 Å². The van der Waals surface area contributed by atoms with Gasteiger partial charge in [0.15, 0.2) is 5.78 Å². The second-order valence-electron chi connectivity index (χ2n) is 3.97. The molecule has 2 aromatic carbocycles. The van der Waals surface area contributed by atoms with E-state index in [1.54, 1.807) is 24.3 Å². The third-order valence-electron chi connectivity index (χ3n) is 2.53. The van der Waals surface area contributed by atoms with Crippen LogP contribution >= 0.6 is 27.5 Å². The molecule has 0 fully saturated rings. The molecule has 0 saturated carbocycles. The first kappa shape index (κ1) is 14.8. The van der Waals surface area contributed by atoms with E-state index in [4.69, 9.17) is 11.6 Å². The monoisotopic (exact) mass is 353 g/mol. The maximum Gasteiger partial charge on any atom is 0.187 e. The Labute approximate surface area is 129 Å². The average molecular weight is 355 g/mol. The summed E-state index contributed by atoms with van der Waals surface area (Å²) in [5.41, 5.74) is 0.975. The highest BCUT2D eigenvalue weighted by Crippen LogP contribution is 2.22. The molecule has 0 aliphatic heterocycles. The number of hydrogen-bond donors (Lipinski definition) is 1. The van der Waals surface area contributed by atoms with Gasteiger partial charge >= 0.3 is 0 Å². The summed E-state index contributed by atoms with van der Waals surface area (Å²) in [5, 5.41) is 3.16. The maximum absolute atomic E-state index is 13.0. The molecule has 0 aromatic heterocycles. The molecule has 20 heavy (non-hydrogen) atoms. The predicted molar refractivity (Wildman–Crippen MR) is 82.6 cm³/mol. The van der Waals surface area contributed by atoms with Gasteiger partial charge in [-0.2, -0.15) is 0 Å². The molecule has 0 bridgehead atoms. The molecule has 102 valence electrons. The van der Waals surface area contributed by atoms with Crippen molar-refractivity contribution in [3.05, 3.63) is 75.6 Å². The molecule has 0 amide bonds. The van der Waals surface area contributed by atoms with E-state index in [1.807, 2.05) is 0 Å². The van der Waals surface area contributed by atoms with Crippen molar-refractivity contribution in [1.82, 2.24) is 0 Å². The van der Waals surface area contributed by atoms with Crippen LogP contribution in [0.5, 0.6) is 0 Å². The van der Waals surface area contributed by atoms with Crippen molar-refractivity contribution in [2.24, 2.45) is 0 Å². The Morgan fingerprint density at radius 2 is 1.90 bits per heavy atom. The second kappa shape index (κ2) is 6.68. The van der Waals surface area contributed by atoms with Crippen molar-refractivity contribution in [3.63, 3.8) is 0 Å². The zero-order chi connectivity index (χ0) is 14.5. The van der Waals surface area contributed by atoms with Gasteiger partial charge in [0.2, 0.25) is 0 Å². The molecule has 0 unspecified atom stereocenters. The molecule has 2 aromatic rings. The highest BCUT2D eigenvalue weighted by atomic mass is 79.9. The minimum absolute atomic E-state index is 0.155. The highest BCUT2D eigenvalue weighted by Gasteiger charge is 2.02. The van der Waals surface area contributed by atoms with E-state index in [1.165, 1.54) is 30.5 Å². The number of benzene rings is 2. The third-order valence-corrected chi connectivity index (χ3v) is 3.39. The average Bonchev–Trinajstić information content (AvgIpc) is 2.43. The lowest BCUT2D eigenvalue weighted by Gasteiger charge is -2.03. The molecule has 2 nitrogen and oxygen atoms in total. The Morgan fingerprint density at radius 3 is 2.60 bits per heavy atom. The number of allylic oxidation sites excluding steroid dienone is 1. The van der Waals surface area contributed by atoms with Crippen LogP contribution in [0, 0.1) is 5.82 Å². The molecular formula is C15H10BrClFNO. The largest absolute Gasteiger partial charge is 0.360 e. The Kier molecular flexibility index (Phi) is 4.93. The molecule has 0 spiro atoms. The molecule has 5 heteroatoms. The molecule has 1 N–H and O–H groups in total. The van der Waals surface area contributed by atoms with E-state index in [0.717, 1.165) is 4.47 Å². The molecular weight excluding hydrogens is 345 g/mol. The van der Waals surface area contributed by atoms with Gasteiger partial charge in [-0.1, -0.05) is 27.5 Å². The fourth-order valence-electron chi connectivity index (χ4n) is 1.53. The number of rotatable bonds is 4. The predicted octanol–water partition coefficient (Wildman–Crippen LogP) is 5.05. The van der Waals surface area contributed by atoms with Crippen LogP contribution in [-0.2, 0) is 0 Å². The summed E-state index contributed by atoms with van der Waals surface area (Å²) < 4.78 is 13.9. The lowest BCUT2D eigenvalue weighted by Crippen LogP contribution is -1.96. The van der Waals surface area contributed by atoms with E-state index in [9.17, 15) is 9.18 Å².